The molecule has 0 amide bonds. The second kappa shape index (κ2) is 8.33. The normalized spacial score (nSPS) is 10.7. The Morgan fingerprint density at radius 1 is 1.09 bits per heavy atom. The van der Waals surface area contributed by atoms with E-state index in [1.165, 1.54) is 5.56 Å². The number of nitrogens with one attached hydrogen (secondary N) is 2. The van der Waals surface area contributed by atoms with Crippen LogP contribution in [0.5, 0.6) is 5.75 Å². The van der Waals surface area contributed by atoms with Crippen molar-refractivity contribution in [3.05, 3.63) is 41.6 Å². The van der Waals surface area contributed by atoms with Crippen LogP contribution >= 0.6 is 0 Å². The van der Waals surface area contributed by atoms with Gasteiger partial charge in [-0.1, -0.05) is 12.1 Å². The first-order valence-electron chi connectivity index (χ1n) is 7.68. The van der Waals surface area contributed by atoms with Crippen molar-refractivity contribution in [1.29, 1.82) is 0 Å². The van der Waals surface area contributed by atoms with Gasteiger partial charge >= 0.3 is 0 Å². The fourth-order valence-corrected chi connectivity index (χ4v) is 2.07. The number of aryl methyl sites for hydroxylation is 1. The van der Waals surface area contributed by atoms with E-state index in [0.717, 1.165) is 30.4 Å². The molecule has 0 bridgehead atoms. The van der Waals surface area contributed by atoms with Gasteiger partial charge in [-0.15, -0.1) is 0 Å². The molecule has 1 heterocycles. The maximum absolute atomic E-state index is 5.16. The van der Waals surface area contributed by atoms with Gasteiger partial charge in [-0.3, -0.25) is 0 Å². The average molecular weight is 315 g/mol. The standard InChI is InChI=1S/C17H25N5O/c1-13-11-16(21-17(20-13)18-9-10-22(2)3)19-12-14-5-7-15(23-4)8-6-14/h5-8,11H,9-10,12H2,1-4H3,(H2,18,19,20,21). The Morgan fingerprint density at radius 3 is 2.48 bits per heavy atom. The summed E-state index contributed by atoms with van der Waals surface area (Å²) in [5, 5.41) is 6.59. The van der Waals surface area contributed by atoms with Gasteiger partial charge in [-0.25, -0.2) is 4.98 Å². The Bertz CT molecular complexity index is 613. The lowest BCUT2D eigenvalue weighted by molar-refractivity contribution is 0.414. The summed E-state index contributed by atoms with van der Waals surface area (Å²) in [6.07, 6.45) is 0. The molecule has 0 aliphatic rings. The van der Waals surface area contributed by atoms with Gasteiger partial charge in [0.1, 0.15) is 11.6 Å². The maximum atomic E-state index is 5.16. The molecule has 0 saturated carbocycles. The van der Waals surface area contributed by atoms with Crippen LogP contribution in [0.25, 0.3) is 0 Å². The second-order valence-corrected chi connectivity index (χ2v) is 5.65. The number of anilines is 2. The van der Waals surface area contributed by atoms with E-state index < -0.39 is 0 Å². The number of nitrogens with zero attached hydrogens (tertiary/aromatic N) is 3. The van der Waals surface area contributed by atoms with E-state index in [-0.39, 0.29) is 0 Å². The molecular formula is C17H25N5O. The molecule has 0 radical (unpaired) electrons. The number of likely N-dealkylation sites (N-methyl/N-ethyl adjacent to an activating group) is 1. The molecule has 6 heteroatoms. The molecule has 2 N–H and O–H groups in total. The monoisotopic (exact) mass is 315 g/mol. The highest BCUT2D eigenvalue weighted by atomic mass is 16.5. The highest BCUT2D eigenvalue weighted by molar-refractivity contribution is 5.43. The Kier molecular flexibility index (Phi) is 6.17. The molecule has 0 saturated heterocycles. The molecule has 1 aromatic heterocycles. The lowest BCUT2D eigenvalue weighted by Gasteiger charge is -2.12. The van der Waals surface area contributed by atoms with E-state index in [2.05, 4.69) is 25.5 Å². The number of aromatic nitrogens is 2. The third kappa shape index (κ3) is 5.75. The topological polar surface area (TPSA) is 62.3 Å². The van der Waals surface area contributed by atoms with Crippen molar-refractivity contribution in [3.63, 3.8) is 0 Å². The van der Waals surface area contributed by atoms with Crippen LogP contribution < -0.4 is 15.4 Å². The van der Waals surface area contributed by atoms with Crippen molar-refractivity contribution in [2.75, 3.05) is 44.9 Å². The lowest BCUT2D eigenvalue weighted by atomic mass is 10.2. The van der Waals surface area contributed by atoms with Gasteiger partial charge in [0.05, 0.1) is 7.11 Å². The molecule has 23 heavy (non-hydrogen) atoms. The van der Waals surface area contributed by atoms with Gasteiger partial charge in [0.25, 0.3) is 0 Å². The number of rotatable bonds is 8. The number of hydrogen-bond donors (Lipinski definition) is 2. The minimum atomic E-state index is 0.657. The predicted octanol–water partition coefficient (Wildman–Crippen LogP) is 2.38. The van der Waals surface area contributed by atoms with E-state index in [1.807, 2.05) is 51.4 Å². The zero-order valence-corrected chi connectivity index (χ0v) is 14.3. The first kappa shape index (κ1) is 17.0. The van der Waals surface area contributed by atoms with Crippen LogP contribution in [0.4, 0.5) is 11.8 Å². The quantitative estimate of drug-likeness (QED) is 0.780. The van der Waals surface area contributed by atoms with Crippen molar-refractivity contribution < 1.29 is 4.74 Å². The number of benzene rings is 1. The molecule has 0 aliphatic carbocycles. The van der Waals surface area contributed by atoms with Gasteiger partial charge in [0, 0.05) is 31.4 Å². The first-order valence-corrected chi connectivity index (χ1v) is 7.68. The maximum Gasteiger partial charge on any atom is 0.224 e. The summed E-state index contributed by atoms with van der Waals surface area (Å²) in [6, 6.07) is 9.93. The fraction of sp³-hybridized carbons (Fsp3) is 0.412. The van der Waals surface area contributed by atoms with Crippen LogP contribution in [-0.2, 0) is 6.54 Å². The molecule has 0 aliphatic heterocycles. The molecule has 0 unspecified atom stereocenters. The molecular weight excluding hydrogens is 290 g/mol. The van der Waals surface area contributed by atoms with Crippen molar-refractivity contribution in [1.82, 2.24) is 14.9 Å². The van der Waals surface area contributed by atoms with E-state index in [0.29, 0.717) is 12.5 Å². The molecule has 124 valence electrons. The van der Waals surface area contributed by atoms with Gasteiger partial charge in [-0.05, 0) is 38.7 Å². The second-order valence-electron chi connectivity index (χ2n) is 5.65. The van der Waals surface area contributed by atoms with Crippen molar-refractivity contribution in [2.24, 2.45) is 0 Å². The molecule has 0 spiro atoms. The Morgan fingerprint density at radius 2 is 1.83 bits per heavy atom. The van der Waals surface area contributed by atoms with Crippen LogP contribution in [0.3, 0.4) is 0 Å². The Hall–Kier alpha value is -2.34. The minimum Gasteiger partial charge on any atom is -0.497 e. The summed E-state index contributed by atoms with van der Waals surface area (Å²) >= 11 is 0. The number of methoxy groups -OCH3 is 1. The zero-order chi connectivity index (χ0) is 16.7. The highest BCUT2D eigenvalue weighted by Crippen LogP contribution is 2.14. The Balaban J connectivity index is 1.94. The summed E-state index contributed by atoms with van der Waals surface area (Å²) < 4.78 is 5.16. The van der Waals surface area contributed by atoms with Crippen molar-refractivity contribution >= 4 is 11.8 Å². The van der Waals surface area contributed by atoms with Gasteiger partial charge in [-0.2, -0.15) is 4.98 Å². The molecule has 2 aromatic rings. The molecule has 0 atom stereocenters. The smallest absolute Gasteiger partial charge is 0.224 e. The van der Waals surface area contributed by atoms with E-state index in [9.17, 15) is 0 Å². The molecule has 1 aromatic carbocycles. The van der Waals surface area contributed by atoms with Crippen LogP contribution in [0.15, 0.2) is 30.3 Å². The summed E-state index contributed by atoms with van der Waals surface area (Å²) in [7, 11) is 5.75. The van der Waals surface area contributed by atoms with Crippen LogP contribution in [0, 0.1) is 6.92 Å². The average Bonchev–Trinajstić information content (AvgIpc) is 2.52. The molecule has 6 nitrogen and oxygen atoms in total. The fourth-order valence-electron chi connectivity index (χ4n) is 2.07. The SMILES string of the molecule is COc1ccc(CNc2cc(C)nc(NCCN(C)C)n2)cc1. The number of ether oxygens (including phenoxy) is 1. The van der Waals surface area contributed by atoms with Crippen LogP contribution in [-0.4, -0.2) is 49.2 Å². The Labute approximate surface area is 137 Å². The van der Waals surface area contributed by atoms with E-state index in [1.54, 1.807) is 7.11 Å². The largest absolute Gasteiger partial charge is 0.497 e. The summed E-state index contributed by atoms with van der Waals surface area (Å²) in [4.78, 5) is 11.0. The predicted molar refractivity (Wildman–Crippen MR) is 94.1 cm³/mol. The lowest BCUT2D eigenvalue weighted by Crippen LogP contribution is -2.21. The van der Waals surface area contributed by atoms with Crippen molar-refractivity contribution in [2.45, 2.75) is 13.5 Å². The number of hydrogen-bond acceptors (Lipinski definition) is 6. The summed E-state index contributed by atoms with van der Waals surface area (Å²) in [5.74, 6) is 2.34. The third-order valence-corrected chi connectivity index (χ3v) is 3.33. The van der Waals surface area contributed by atoms with Gasteiger partial charge in [0.15, 0.2) is 0 Å². The van der Waals surface area contributed by atoms with Crippen molar-refractivity contribution in [3.8, 4) is 5.75 Å². The minimum absolute atomic E-state index is 0.657. The van der Waals surface area contributed by atoms with Gasteiger partial charge < -0.3 is 20.3 Å². The summed E-state index contributed by atoms with van der Waals surface area (Å²) in [5.41, 5.74) is 2.11. The molecule has 2 rings (SSSR count). The molecule has 0 fully saturated rings. The van der Waals surface area contributed by atoms with Gasteiger partial charge in [0.2, 0.25) is 5.95 Å². The summed E-state index contributed by atoms with van der Waals surface area (Å²) in [6.45, 7) is 4.43. The third-order valence-electron chi connectivity index (χ3n) is 3.33. The van der Waals surface area contributed by atoms with Crippen LogP contribution in [0.1, 0.15) is 11.3 Å². The van der Waals surface area contributed by atoms with E-state index >= 15 is 0 Å². The first-order chi connectivity index (χ1) is 11.1. The van der Waals surface area contributed by atoms with E-state index in [4.69, 9.17) is 4.74 Å². The highest BCUT2D eigenvalue weighted by Gasteiger charge is 2.03. The zero-order valence-electron chi connectivity index (χ0n) is 14.3. The van der Waals surface area contributed by atoms with Crippen LogP contribution in [0.2, 0.25) is 0 Å².